The van der Waals surface area contributed by atoms with Crippen LogP contribution in [0.5, 0.6) is 0 Å². The van der Waals surface area contributed by atoms with E-state index in [9.17, 15) is 14.4 Å². The molecular formula is C19H19ClN2O5. The van der Waals surface area contributed by atoms with Gasteiger partial charge in [-0.2, -0.15) is 0 Å². The SMILES string of the molecule is Cc1cc(Cl)ccc1NC(=O)COC(=O)[C@H]1CC(=O)N(Cc2ccco2)C1. The highest BCUT2D eigenvalue weighted by Crippen LogP contribution is 2.22. The van der Waals surface area contributed by atoms with Crippen molar-refractivity contribution in [2.45, 2.75) is 19.9 Å². The Bertz CT molecular complexity index is 850. The third-order valence-corrected chi connectivity index (χ3v) is 4.52. The Morgan fingerprint density at radius 2 is 2.19 bits per heavy atom. The van der Waals surface area contributed by atoms with Gasteiger partial charge in [-0.1, -0.05) is 11.6 Å². The smallest absolute Gasteiger partial charge is 0.311 e. The molecule has 27 heavy (non-hydrogen) atoms. The summed E-state index contributed by atoms with van der Waals surface area (Å²) in [6, 6.07) is 8.57. The third kappa shape index (κ3) is 4.89. The fourth-order valence-corrected chi connectivity index (χ4v) is 3.11. The summed E-state index contributed by atoms with van der Waals surface area (Å²) in [5.74, 6) is -1.10. The number of likely N-dealkylation sites (tertiary alicyclic amines) is 1. The van der Waals surface area contributed by atoms with Crippen molar-refractivity contribution in [1.29, 1.82) is 0 Å². The number of benzene rings is 1. The van der Waals surface area contributed by atoms with Gasteiger partial charge in [-0.05, 0) is 42.8 Å². The van der Waals surface area contributed by atoms with Crippen LogP contribution >= 0.6 is 11.6 Å². The van der Waals surface area contributed by atoms with Crippen LogP contribution in [0.2, 0.25) is 5.02 Å². The molecule has 1 aliphatic rings. The fraction of sp³-hybridized carbons (Fsp3) is 0.316. The zero-order chi connectivity index (χ0) is 19.4. The first kappa shape index (κ1) is 19.0. The number of hydrogen-bond acceptors (Lipinski definition) is 5. The number of ether oxygens (including phenoxy) is 1. The van der Waals surface area contributed by atoms with E-state index in [-0.39, 0.29) is 18.9 Å². The van der Waals surface area contributed by atoms with E-state index in [0.29, 0.717) is 23.0 Å². The van der Waals surface area contributed by atoms with E-state index in [0.717, 1.165) is 5.56 Å². The van der Waals surface area contributed by atoms with E-state index in [1.807, 2.05) is 6.92 Å². The Morgan fingerprint density at radius 3 is 2.89 bits per heavy atom. The maximum Gasteiger partial charge on any atom is 0.311 e. The van der Waals surface area contributed by atoms with Crippen molar-refractivity contribution in [3.05, 3.63) is 52.9 Å². The van der Waals surface area contributed by atoms with Crippen LogP contribution in [0.3, 0.4) is 0 Å². The molecule has 0 spiro atoms. The molecule has 1 saturated heterocycles. The highest BCUT2D eigenvalue weighted by Gasteiger charge is 2.35. The molecule has 1 aromatic heterocycles. The van der Waals surface area contributed by atoms with Crippen LogP contribution in [-0.4, -0.2) is 35.8 Å². The summed E-state index contributed by atoms with van der Waals surface area (Å²) in [4.78, 5) is 37.8. The van der Waals surface area contributed by atoms with Crippen LogP contribution in [0.1, 0.15) is 17.7 Å². The number of amides is 2. The highest BCUT2D eigenvalue weighted by atomic mass is 35.5. The largest absolute Gasteiger partial charge is 0.467 e. The fourth-order valence-electron chi connectivity index (χ4n) is 2.88. The van der Waals surface area contributed by atoms with Crippen molar-refractivity contribution >= 4 is 35.1 Å². The Labute approximate surface area is 161 Å². The van der Waals surface area contributed by atoms with Crippen LogP contribution in [0.4, 0.5) is 5.69 Å². The minimum absolute atomic E-state index is 0.0669. The number of furan rings is 1. The monoisotopic (exact) mass is 390 g/mol. The van der Waals surface area contributed by atoms with E-state index < -0.39 is 24.4 Å². The van der Waals surface area contributed by atoms with Crippen LogP contribution in [0, 0.1) is 12.8 Å². The number of carbonyl (C=O) groups is 3. The molecule has 1 fully saturated rings. The molecule has 1 aliphatic heterocycles. The predicted octanol–water partition coefficient (Wildman–Crippen LogP) is 2.77. The van der Waals surface area contributed by atoms with E-state index in [1.165, 1.54) is 6.26 Å². The molecule has 1 N–H and O–H groups in total. The van der Waals surface area contributed by atoms with Gasteiger partial charge in [-0.15, -0.1) is 0 Å². The zero-order valence-corrected chi connectivity index (χ0v) is 15.5. The normalized spacial score (nSPS) is 16.4. The summed E-state index contributed by atoms with van der Waals surface area (Å²) < 4.78 is 10.3. The van der Waals surface area contributed by atoms with Gasteiger partial charge in [0.2, 0.25) is 5.91 Å². The number of halogens is 1. The Kier molecular flexibility index (Phi) is 5.81. The number of hydrogen-bond donors (Lipinski definition) is 1. The van der Waals surface area contributed by atoms with Crippen molar-refractivity contribution in [3.63, 3.8) is 0 Å². The summed E-state index contributed by atoms with van der Waals surface area (Å²) in [6.07, 6.45) is 1.60. The zero-order valence-electron chi connectivity index (χ0n) is 14.7. The second-order valence-electron chi connectivity index (χ2n) is 6.37. The lowest BCUT2D eigenvalue weighted by molar-refractivity contribution is -0.151. The number of esters is 1. The van der Waals surface area contributed by atoms with Crippen molar-refractivity contribution < 1.29 is 23.5 Å². The van der Waals surface area contributed by atoms with Gasteiger partial charge in [0.05, 0.1) is 18.7 Å². The predicted molar refractivity (Wildman–Crippen MR) is 98.0 cm³/mol. The lowest BCUT2D eigenvalue weighted by Gasteiger charge is -2.14. The van der Waals surface area contributed by atoms with Crippen LogP contribution in [-0.2, 0) is 25.7 Å². The van der Waals surface area contributed by atoms with E-state index >= 15 is 0 Å². The molecule has 7 nitrogen and oxygen atoms in total. The molecule has 142 valence electrons. The number of nitrogens with zero attached hydrogens (tertiary/aromatic N) is 1. The second kappa shape index (κ2) is 8.26. The van der Waals surface area contributed by atoms with Crippen molar-refractivity contribution in [3.8, 4) is 0 Å². The first-order valence-corrected chi connectivity index (χ1v) is 8.83. The lowest BCUT2D eigenvalue weighted by atomic mass is 10.1. The first-order chi connectivity index (χ1) is 12.9. The van der Waals surface area contributed by atoms with Gasteiger partial charge >= 0.3 is 5.97 Å². The van der Waals surface area contributed by atoms with Gasteiger partial charge in [0.1, 0.15) is 5.76 Å². The average Bonchev–Trinajstić information content (AvgIpc) is 3.26. The molecule has 0 radical (unpaired) electrons. The van der Waals surface area contributed by atoms with E-state index in [2.05, 4.69) is 5.32 Å². The van der Waals surface area contributed by atoms with Crippen molar-refractivity contribution in [2.75, 3.05) is 18.5 Å². The first-order valence-electron chi connectivity index (χ1n) is 8.45. The van der Waals surface area contributed by atoms with Crippen LogP contribution in [0.25, 0.3) is 0 Å². The van der Waals surface area contributed by atoms with Gasteiger partial charge in [-0.3, -0.25) is 14.4 Å². The number of anilines is 1. The molecule has 0 aliphatic carbocycles. The third-order valence-electron chi connectivity index (χ3n) is 4.28. The highest BCUT2D eigenvalue weighted by molar-refractivity contribution is 6.30. The maximum atomic E-state index is 12.2. The summed E-state index contributed by atoms with van der Waals surface area (Å²) in [6.45, 7) is 1.96. The summed E-state index contributed by atoms with van der Waals surface area (Å²) in [7, 11) is 0. The molecule has 3 rings (SSSR count). The number of carbonyl (C=O) groups excluding carboxylic acids is 3. The number of aryl methyl sites for hydroxylation is 1. The molecule has 2 amide bonds. The molecule has 1 aromatic carbocycles. The quantitative estimate of drug-likeness (QED) is 0.766. The Morgan fingerprint density at radius 1 is 1.37 bits per heavy atom. The Hall–Kier alpha value is -2.80. The maximum absolute atomic E-state index is 12.2. The van der Waals surface area contributed by atoms with E-state index in [4.69, 9.17) is 20.8 Å². The average molecular weight is 391 g/mol. The van der Waals surface area contributed by atoms with Crippen molar-refractivity contribution in [1.82, 2.24) is 4.90 Å². The number of rotatable bonds is 6. The molecule has 2 aromatic rings. The molecule has 0 unspecified atom stereocenters. The molecule has 8 heteroatoms. The van der Waals surface area contributed by atoms with E-state index in [1.54, 1.807) is 35.2 Å². The van der Waals surface area contributed by atoms with Gasteiger partial charge in [-0.25, -0.2) is 0 Å². The summed E-state index contributed by atoms with van der Waals surface area (Å²) >= 11 is 5.88. The van der Waals surface area contributed by atoms with Crippen molar-refractivity contribution in [2.24, 2.45) is 5.92 Å². The molecule has 0 saturated carbocycles. The lowest BCUT2D eigenvalue weighted by Crippen LogP contribution is -2.28. The molecule has 1 atom stereocenters. The van der Waals surface area contributed by atoms with Crippen LogP contribution < -0.4 is 5.32 Å². The van der Waals surface area contributed by atoms with Gasteiger partial charge < -0.3 is 19.4 Å². The minimum atomic E-state index is -0.586. The van der Waals surface area contributed by atoms with Gasteiger partial charge in [0.25, 0.3) is 5.91 Å². The summed E-state index contributed by atoms with van der Waals surface area (Å²) in [5.41, 5.74) is 1.40. The Balaban J connectivity index is 1.47. The van der Waals surface area contributed by atoms with Gasteiger partial charge in [0, 0.05) is 23.7 Å². The molecule has 2 heterocycles. The topological polar surface area (TPSA) is 88.8 Å². The second-order valence-corrected chi connectivity index (χ2v) is 6.81. The number of nitrogens with one attached hydrogen (secondary N) is 1. The standard InChI is InChI=1S/C19H19ClN2O5/c1-12-7-14(20)4-5-16(12)21-17(23)11-27-19(25)13-8-18(24)22(9-13)10-15-3-2-6-26-15/h2-7,13H,8-11H2,1H3,(H,21,23)/t13-/m0/s1. The minimum Gasteiger partial charge on any atom is -0.467 e. The molecule has 0 bridgehead atoms. The van der Waals surface area contributed by atoms with Crippen LogP contribution in [0.15, 0.2) is 41.0 Å². The van der Waals surface area contributed by atoms with Gasteiger partial charge in [0.15, 0.2) is 6.61 Å². The molecular weight excluding hydrogens is 372 g/mol. The summed E-state index contributed by atoms with van der Waals surface area (Å²) in [5, 5.41) is 3.24.